The fourth-order valence-corrected chi connectivity index (χ4v) is 6.74. The summed E-state index contributed by atoms with van der Waals surface area (Å²) in [5, 5.41) is 30.1. The summed E-state index contributed by atoms with van der Waals surface area (Å²) in [6, 6.07) is 0. The van der Waals surface area contributed by atoms with E-state index in [-0.39, 0.29) is 11.5 Å². The lowest BCUT2D eigenvalue weighted by Gasteiger charge is -2.44. The number of ether oxygens (including phenoxy) is 1. The van der Waals surface area contributed by atoms with Crippen molar-refractivity contribution in [2.24, 2.45) is 17.3 Å². The Balaban J connectivity index is 1.57. The lowest BCUT2D eigenvalue weighted by Crippen LogP contribution is -2.38. The van der Waals surface area contributed by atoms with Gasteiger partial charge in [-0.05, 0) is 101 Å². The average molecular weight is 461 g/mol. The minimum atomic E-state index is -0.626. The van der Waals surface area contributed by atoms with Crippen molar-refractivity contribution in [1.82, 2.24) is 0 Å². The van der Waals surface area contributed by atoms with Crippen LogP contribution in [0.3, 0.4) is 0 Å². The van der Waals surface area contributed by atoms with Crippen molar-refractivity contribution in [3.8, 4) is 0 Å². The van der Waals surface area contributed by atoms with Gasteiger partial charge in [-0.3, -0.25) is 0 Å². The van der Waals surface area contributed by atoms with Crippen LogP contribution in [0.25, 0.3) is 0 Å². The van der Waals surface area contributed by atoms with Gasteiger partial charge in [0.05, 0.1) is 23.9 Å². The Morgan fingerprint density at radius 2 is 1.94 bits per heavy atom. The standard InChI is InChI=1S/C29H48O4/c1-20-23(18-24(30)19-27(20)31)12-11-22-10-9-16-29(5)25(13-14-26(22)29)21(2)33-17-8-6-7-15-28(3,4)32/h11-12,21,24-27,30-32H,1,6-10,13-19H2,2-5H3/b22-11+,23-12+/t21-,24-,25-,26+,27+,29-/m1/s1. The van der Waals surface area contributed by atoms with Crippen LogP contribution in [-0.2, 0) is 4.74 Å². The van der Waals surface area contributed by atoms with Crippen LogP contribution in [0.15, 0.2) is 35.5 Å². The van der Waals surface area contributed by atoms with Gasteiger partial charge < -0.3 is 20.1 Å². The molecule has 3 saturated carbocycles. The number of hydrogen-bond acceptors (Lipinski definition) is 4. The van der Waals surface area contributed by atoms with E-state index in [2.05, 4.69) is 32.6 Å². The van der Waals surface area contributed by atoms with Crippen LogP contribution >= 0.6 is 0 Å². The first-order chi connectivity index (χ1) is 15.5. The molecule has 3 aliphatic rings. The second-order valence-corrected chi connectivity index (χ2v) is 11.9. The molecule has 3 aliphatic carbocycles. The van der Waals surface area contributed by atoms with Gasteiger partial charge >= 0.3 is 0 Å². The largest absolute Gasteiger partial charge is 0.393 e. The van der Waals surface area contributed by atoms with E-state index in [1.165, 1.54) is 31.3 Å². The Morgan fingerprint density at radius 3 is 2.67 bits per heavy atom. The minimum absolute atomic E-state index is 0.274. The average Bonchev–Trinajstić information content (AvgIpc) is 3.08. The molecule has 6 atom stereocenters. The highest BCUT2D eigenvalue weighted by molar-refractivity contribution is 5.38. The van der Waals surface area contributed by atoms with Gasteiger partial charge in [-0.2, -0.15) is 0 Å². The number of rotatable bonds is 9. The van der Waals surface area contributed by atoms with Crippen molar-refractivity contribution in [2.45, 2.75) is 122 Å². The summed E-state index contributed by atoms with van der Waals surface area (Å²) < 4.78 is 6.34. The molecule has 0 heterocycles. The quantitative estimate of drug-likeness (QED) is 0.377. The normalized spacial score (nSPS) is 36.4. The number of hydrogen-bond donors (Lipinski definition) is 3. The van der Waals surface area contributed by atoms with Gasteiger partial charge in [0.15, 0.2) is 0 Å². The third-order valence-corrected chi connectivity index (χ3v) is 8.68. The lowest BCUT2D eigenvalue weighted by molar-refractivity contribution is -0.0264. The van der Waals surface area contributed by atoms with E-state index in [4.69, 9.17) is 4.74 Å². The predicted molar refractivity (Wildman–Crippen MR) is 135 cm³/mol. The Bertz CT molecular complexity index is 730. The zero-order valence-corrected chi connectivity index (χ0v) is 21.5. The van der Waals surface area contributed by atoms with Gasteiger partial charge in [0.25, 0.3) is 0 Å². The summed E-state index contributed by atoms with van der Waals surface area (Å²) in [6.45, 7) is 13.4. The molecule has 0 bridgehead atoms. The van der Waals surface area contributed by atoms with Crippen LogP contribution in [0.1, 0.15) is 98.3 Å². The number of unbranched alkanes of at least 4 members (excludes halogenated alkanes) is 2. The van der Waals surface area contributed by atoms with Crippen molar-refractivity contribution in [2.75, 3.05) is 6.61 Å². The van der Waals surface area contributed by atoms with Crippen LogP contribution in [0.4, 0.5) is 0 Å². The minimum Gasteiger partial charge on any atom is -0.393 e. The van der Waals surface area contributed by atoms with Crippen molar-refractivity contribution in [3.63, 3.8) is 0 Å². The summed E-state index contributed by atoms with van der Waals surface area (Å²) in [5.74, 6) is 1.18. The highest BCUT2D eigenvalue weighted by atomic mass is 16.5. The Hall–Kier alpha value is -0.940. The molecule has 3 N–H and O–H groups in total. The zero-order valence-electron chi connectivity index (χ0n) is 21.5. The van der Waals surface area contributed by atoms with Gasteiger partial charge in [-0.25, -0.2) is 0 Å². The maximum Gasteiger partial charge on any atom is 0.0811 e. The first-order valence-electron chi connectivity index (χ1n) is 13.3. The molecule has 188 valence electrons. The number of allylic oxidation sites excluding steroid dienone is 3. The van der Waals surface area contributed by atoms with Gasteiger partial charge in [0.2, 0.25) is 0 Å². The molecule has 0 spiro atoms. The SMILES string of the molecule is C=C1/C(=C/C=C2\CCC[C@]3(C)[C@@H]([C@@H](C)OCCCCCC(C)(C)O)CC[C@@H]23)C[C@@H](O)C[C@@H]1O. The molecule has 0 unspecified atom stereocenters. The fourth-order valence-electron chi connectivity index (χ4n) is 6.74. The lowest BCUT2D eigenvalue weighted by atomic mass is 9.62. The predicted octanol–water partition coefficient (Wildman–Crippen LogP) is 5.86. The van der Waals surface area contributed by atoms with E-state index in [1.807, 2.05) is 13.8 Å². The molecule has 0 aliphatic heterocycles. The molecule has 3 fully saturated rings. The van der Waals surface area contributed by atoms with Gasteiger partial charge in [-0.15, -0.1) is 0 Å². The Labute approximate surface area is 201 Å². The summed E-state index contributed by atoms with van der Waals surface area (Å²) in [5.41, 5.74) is 3.01. The van der Waals surface area contributed by atoms with E-state index in [9.17, 15) is 15.3 Å². The molecular formula is C29H48O4. The molecule has 0 aromatic heterocycles. The van der Waals surface area contributed by atoms with Crippen molar-refractivity contribution < 1.29 is 20.1 Å². The highest BCUT2D eigenvalue weighted by Gasteiger charge is 2.51. The van der Waals surface area contributed by atoms with Crippen LogP contribution in [0.2, 0.25) is 0 Å². The van der Waals surface area contributed by atoms with Crippen molar-refractivity contribution >= 4 is 0 Å². The number of fused-ring (bicyclic) bond motifs is 1. The van der Waals surface area contributed by atoms with Crippen LogP contribution in [-0.4, -0.2) is 45.8 Å². The number of aliphatic hydroxyl groups excluding tert-OH is 2. The van der Waals surface area contributed by atoms with E-state index < -0.39 is 17.8 Å². The van der Waals surface area contributed by atoms with E-state index >= 15 is 0 Å². The number of aliphatic hydroxyl groups is 3. The molecule has 0 radical (unpaired) electrons. The van der Waals surface area contributed by atoms with E-state index in [0.29, 0.717) is 24.7 Å². The van der Waals surface area contributed by atoms with E-state index in [0.717, 1.165) is 49.9 Å². The summed E-state index contributed by atoms with van der Waals surface area (Å²) in [7, 11) is 0. The first-order valence-corrected chi connectivity index (χ1v) is 13.3. The molecule has 3 rings (SSSR count). The molecule has 0 aromatic carbocycles. The summed E-state index contributed by atoms with van der Waals surface area (Å²) in [6.07, 6.45) is 14.7. The molecule has 0 amide bonds. The molecule has 4 nitrogen and oxygen atoms in total. The Morgan fingerprint density at radius 1 is 1.18 bits per heavy atom. The summed E-state index contributed by atoms with van der Waals surface area (Å²) in [4.78, 5) is 0. The second kappa shape index (κ2) is 11.2. The maximum atomic E-state index is 10.2. The topological polar surface area (TPSA) is 69.9 Å². The monoisotopic (exact) mass is 460 g/mol. The van der Waals surface area contributed by atoms with Crippen molar-refractivity contribution in [3.05, 3.63) is 35.5 Å². The van der Waals surface area contributed by atoms with Gasteiger partial charge in [0, 0.05) is 13.0 Å². The molecule has 0 aromatic rings. The van der Waals surface area contributed by atoms with E-state index in [1.54, 1.807) is 0 Å². The van der Waals surface area contributed by atoms with Crippen molar-refractivity contribution in [1.29, 1.82) is 0 Å². The van der Waals surface area contributed by atoms with Crippen LogP contribution in [0, 0.1) is 17.3 Å². The molecule has 4 heteroatoms. The Kier molecular flexibility index (Phi) is 9.05. The summed E-state index contributed by atoms with van der Waals surface area (Å²) >= 11 is 0. The van der Waals surface area contributed by atoms with Gasteiger partial charge in [-0.1, -0.05) is 44.1 Å². The molecule has 33 heavy (non-hydrogen) atoms. The third kappa shape index (κ3) is 6.81. The molecule has 0 saturated heterocycles. The zero-order chi connectivity index (χ0) is 24.2. The van der Waals surface area contributed by atoms with Crippen LogP contribution < -0.4 is 0 Å². The molecular weight excluding hydrogens is 412 g/mol. The van der Waals surface area contributed by atoms with Crippen LogP contribution in [0.5, 0.6) is 0 Å². The van der Waals surface area contributed by atoms with Gasteiger partial charge in [0.1, 0.15) is 0 Å². The first kappa shape index (κ1) is 26.7. The highest BCUT2D eigenvalue weighted by Crippen LogP contribution is 2.58. The maximum absolute atomic E-state index is 10.2. The third-order valence-electron chi connectivity index (χ3n) is 8.68. The smallest absolute Gasteiger partial charge is 0.0811 e. The second-order valence-electron chi connectivity index (χ2n) is 11.9. The fraction of sp³-hybridized carbons (Fsp3) is 0.793.